The maximum atomic E-state index is 12.4. The van der Waals surface area contributed by atoms with E-state index in [1.165, 1.54) is 12.0 Å². The number of hydrogen-bond acceptors (Lipinski definition) is 5. The van der Waals surface area contributed by atoms with Gasteiger partial charge in [-0.05, 0) is 43.9 Å². The second-order valence-electron chi connectivity index (χ2n) is 7.52. The highest BCUT2D eigenvalue weighted by atomic mass is 16.6. The van der Waals surface area contributed by atoms with Crippen molar-refractivity contribution in [3.05, 3.63) is 51.2 Å². The average Bonchev–Trinajstić information content (AvgIpc) is 2.90. The molecule has 0 unspecified atom stereocenters. The van der Waals surface area contributed by atoms with E-state index in [0.29, 0.717) is 31.1 Å². The number of fused-ring (bicyclic) bond motifs is 4. The fourth-order valence-electron chi connectivity index (χ4n) is 4.62. The number of H-pyrrole nitrogens is 1. The molecule has 1 aromatic heterocycles. The summed E-state index contributed by atoms with van der Waals surface area (Å²) in [5.41, 5.74) is 3.15. The number of ether oxygens (including phenoxy) is 2. The third kappa shape index (κ3) is 2.69. The molecule has 0 amide bonds. The lowest BCUT2D eigenvalue weighted by molar-refractivity contribution is 0.169. The summed E-state index contributed by atoms with van der Waals surface area (Å²) in [4.78, 5) is 22.5. The molecule has 2 atom stereocenters. The first kappa shape index (κ1) is 15.9. The Morgan fingerprint density at radius 1 is 1.15 bits per heavy atom. The number of hydrogen-bond donors (Lipinski definition) is 1. The molecule has 2 aromatic rings. The Bertz CT molecular complexity index is 908. The van der Waals surface area contributed by atoms with Crippen molar-refractivity contribution < 1.29 is 9.47 Å². The van der Waals surface area contributed by atoms with Gasteiger partial charge in [0.2, 0.25) is 0 Å². The molecule has 3 aliphatic rings. The lowest BCUT2D eigenvalue weighted by Crippen LogP contribution is -2.36. The monoisotopic (exact) mass is 353 g/mol. The third-order valence-corrected chi connectivity index (χ3v) is 5.83. The Balaban J connectivity index is 1.43. The number of aromatic amines is 1. The molecule has 2 bridgehead atoms. The largest absolute Gasteiger partial charge is 0.486 e. The van der Waals surface area contributed by atoms with E-state index in [0.717, 1.165) is 48.6 Å². The minimum Gasteiger partial charge on any atom is -0.486 e. The first-order chi connectivity index (χ1) is 12.7. The predicted octanol–water partition coefficient (Wildman–Crippen LogP) is 1.98. The summed E-state index contributed by atoms with van der Waals surface area (Å²) in [5.74, 6) is 2.38. The maximum absolute atomic E-state index is 12.4. The van der Waals surface area contributed by atoms with Crippen LogP contribution in [0.5, 0.6) is 11.5 Å². The Hall–Kier alpha value is -2.34. The van der Waals surface area contributed by atoms with Crippen LogP contribution in [0.4, 0.5) is 0 Å². The van der Waals surface area contributed by atoms with Gasteiger partial charge >= 0.3 is 0 Å². The Morgan fingerprint density at radius 2 is 1.92 bits per heavy atom. The summed E-state index contributed by atoms with van der Waals surface area (Å²) in [6.07, 6.45) is 3.96. The zero-order chi connectivity index (χ0) is 17.7. The van der Waals surface area contributed by atoms with Crippen molar-refractivity contribution in [1.82, 2.24) is 14.9 Å². The molecule has 5 rings (SSSR count). The molecular weight excluding hydrogens is 330 g/mol. The van der Waals surface area contributed by atoms with Gasteiger partial charge in [-0.1, -0.05) is 6.07 Å². The highest BCUT2D eigenvalue weighted by molar-refractivity contribution is 5.44. The van der Waals surface area contributed by atoms with E-state index in [4.69, 9.17) is 9.47 Å². The van der Waals surface area contributed by atoms with Gasteiger partial charge in [-0.2, -0.15) is 0 Å². The van der Waals surface area contributed by atoms with Crippen LogP contribution in [0, 0.1) is 6.92 Å². The Kier molecular flexibility index (Phi) is 3.74. The topological polar surface area (TPSA) is 67.5 Å². The minimum atomic E-state index is 0.0410. The van der Waals surface area contributed by atoms with Crippen LogP contribution in [-0.2, 0) is 19.4 Å². The molecule has 0 radical (unpaired) electrons. The highest BCUT2D eigenvalue weighted by Gasteiger charge is 2.38. The quantitative estimate of drug-likeness (QED) is 0.894. The van der Waals surface area contributed by atoms with Gasteiger partial charge in [0.1, 0.15) is 19.0 Å². The van der Waals surface area contributed by atoms with Crippen LogP contribution in [-0.4, -0.2) is 40.2 Å². The number of nitrogens with zero attached hydrogens (tertiary/aromatic N) is 2. The molecule has 26 heavy (non-hydrogen) atoms. The predicted molar refractivity (Wildman–Crippen MR) is 96.8 cm³/mol. The van der Waals surface area contributed by atoms with E-state index in [9.17, 15) is 4.79 Å². The summed E-state index contributed by atoms with van der Waals surface area (Å²) in [7, 11) is 0. The second kappa shape index (κ2) is 6.13. The van der Waals surface area contributed by atoms with Crippen molar-refractivity contribution in [2.75, 3.05) is 13.2 Å². The van der Waals surface area contributed by atoms with Crippen molar-refractivity contribution in [2.45, 2.75) is 51.2 Å². The second-order valence-corrected chi connectivity index (χ2v) is 7.52. The molecule has 1 saturated heterocycles. The minimum absolute atomic E-state index is 0.0410. The van der Waals surface area contributed by atoms with Crippen LogP contribution in [0.3, 0.4) is 0 Å². The van der Waals surface area contributed by atoms with Crippen LogP contribution >= 0.6 is 0 Å². The molecule has 0 aliphatic carbocycles. The lowest BCUT2D eigenvalue weighted by Gasteiger charge is -2.28. The fourth-order valence-corrected chi connectivity index (χ4v) is 4.62. The summed E-state index contributed by atoms with van der Waals surface area (Å²) in [6, 6.07) is 7.08. The molecule has 136 valence electrons. The van der Waals surface area contributed by atoms with Crippen LogP contribution < -0.4 is 15.0 Å². The number of aryl methyl sites for hydroxylation is 1. The van der Waals surface area contributed by atoms with Crippen molar-refractivity contribution in [3.8, 4) is 11.5 Å². The third-order valence-electron chi connectivity index (χ3n) is 5.83. The summed E-state index contributed by atoms with van der Waals surface area (Å²) < 4.78 is 11.4. The Morgan fingerprint density at radius 3 is 2.77 bits per heavy atom. The van der Waals surface area contributed by atoms with E-state index in [2.05, 4.69) is 27.0 Å². The van der Waals surface area contributed by atoms with Gasteiger partial charge in [0.25, 0.3) is 5.56 Å². The van der Waals surface area contributed by atoms with Crippen molar-refractivity contribution in [1.29, 1.82) is 0 Å². The molecule has 3 aliphatic heterocycles. The molecule has 1 fully saturated rings. The first-order valence-electron chi connectivity index (χ1n) is 9.40. The molecule has 6 heteroatoms. The fraction of sp³-hybridized carbons (Fsp3) is 0.500. The van der Waals surface area contributed by atoms with E-state index < -0.39 is 0 Å². The van der Waals surface area contributed by atoms with Crippen LogP contribution in [0.25, 0.3) is 0 Å². The molecule has 4 heterocycles. The number of aromatic nitrogens is 2. The average molecular weight is 353 g/mol. The van der Waals surface area contributed by atoms with Crippen LogP contribution in [0.2, 0.25) is 0 Å². The molecule has 6 nitrogen and oxygen atoms in total. The van der Waals surface area contributed by atoms with Crippen LogP contribution in [0.15, 0.2) is 23.0 Å². The molecule has 1 aromatic carbocycles. The Labute approximate surface area is 152 Å². The molecule has 1 N–H and O–H groups in total. The highest BCUT2D eigenvalue weighted by Crippen LogP contribution is 2.36. The van der Waals surface area contributed by atoms with Crippen molar-refractivity contribution in [3.63, 3.8) is 0 Å². The van der Waals surface area contributed by atoms with E-state index in [-0.39, 0.29) is 5.56 Å². The number of benzene rings is 1. The summed E-state index contributed by atoms with van der Waals surface area (Å²) >= 11 is 0. The maximum Gasteiger partial charge on any atom is 0.254 e. The smallest absolute Gasteiger partial charge is 0.254 e. The normalized spacial score (nSPS) is 24.2. The van der Waals surface area contributed by atoms with Crippen LogP contribution in [0.1, 0.15) is 35.5 Å². The van der Waals surface area contributed by atoms with Crippen molar-refractivity contribution >= 4 is 0 Å². The van der Waals surface area contributed by atoms with Gasteiger partial charge in [0.15, 0.2) is 11.5 Å². The SMILES string of the molecule is Cc1nc2c(c(=O)[nH]1)C[C@H]1CC[C@H](C2)N1Cc1ccc2c(c1)OCCO2. The standard InChI is InChI=1S/C20H23N3O3/c1-12-21-17-10-15-4-3-14(9-16(17)20(24)22-12)23(15)11-13-2-5-18-19(8-13)26-7-6-25-18/h2,5,8,14-15H,3-4,6-7,9-11H2,1H3,(H,21,22,24)/t14-,15-/m1/s1. The van der Waals surface area contributed by atoms with Gasteiger partial charge in [0.05, 0.1) is 5.69 Å². The zero-order valence-electron chi connectivity index (χ0n) is 15.0. The van der Waals surface area contributed by atoms with Gasteiger partial charge < -0.3 is 14.5 Å². The van der Waals surface area contributed by atoms with Gasteiger partial charge in [-0.25, -0.2) is 4.98 Å². The van der Waals surface area contributed by atoms with E-state index in [1.807, 2.05) is 13.0 Å². The van der Waals surface area contributed by atoms with Gasteiger partial charge in [0, 0.05) is 30.6 Å². The summed E-state index contributed by atoms with van der Waals surface area (Å²) in [6.45, 7) is 3.95. The number of nitrogens with one attached hydrogen (secondary N) is 1. The number of rotatable bonds is 2. The molecule has 0 saturated carbocycles. The zero-order valence-corrected chi connectivity index (χ0v) is 15.0. The van der Waals surface area contributed by atoms with E-state index in [1.54, 1.807) is 0 Å². The van der Waals surface area contributed by atoms with E-state index >= 15 is 0 Å². The first-order valence-corrected chi connectivity index (χ1v) is 9.40. The molecule has 0 spiro atoms. The van der Waals surface area contributed by atoms with Crippen molar-refractivity contribution in [2.24, 2.45) is 0 Å². The van der Waals surface area contributed by atoms with Gasteiger partial charge in [-0.3, -0.25) is 9.69 Å². The summed E-state index contributed by atoms with van der Waals surface area (Å²) in [5, 5.41) is 0. The molecular formula is C20H23N3O3. The lowest BCUT2D eigenvalue weighted by atomic mass is 9.98. The van der Waals surface area contributed by atoms with Gasteiger partial charge in [-0.15, -0.1) is 0 Å².